The topological polar surface area (TPSA) is 72.4 Å². The fraction of sp³-hybridized carbons (Fsp3) is 0.350. The van der Waals surface area contributed by atoms with Gasteiger partial charge in [-0.3, -0.25) is 4.79 Å². The van der Waals surface area contributed by atoms with Gasteiger partial charge in [-0.05, 0) is 38.3 Å². The van der Waals surface area contributed by atoms with Crippen molar-refractivity contribution >= 4 is 17.5 Å². The highest BCUT2D eigenvalue weighted by Gasteiger charge is 2.37. The van der Waals surface area contributed by atoms with E-state index < -0.39 is 5.82 Å². The van der Waals surface area contributed by atoms with Gasteiger partial charge in [-0.25, -0.2) is 4.39 Å². The van der Waals surface area contributed by atoms with Gasteiger partial charge in [-0.1, -0.05) is 34.9 Å². The Morgan fingerprint density at radius 3 is 2.89 bits per heavy atom. The van der Waals surface area contributed by atoms with Crippen LogP contribution in [0, 0.1) is 12.7 Å². The van der Waals surface area contributed by atoms with Gasteiger partial charge >= 0.3 is 0 Å². The van der Waals surface area contributed by atoms with E-state index >= 15 is 0 Å². The summed E-state index contributed by atoms with van der Waals surface area (Å²) in [6, 6.07) is 5.99. The first-order valence-electron chi connectivity index (χ1n) is 9.18. The summed E-state index contributed by atoms with van der Waals surface area (Å²) in [5.74, 6) is 0.125. The SMILES string of the molecule is CCc1cc(C2CCCN2C(=O)c2c(-c3c(F)cccc3Cl)noc2C)on1. The fourth-order valence-corrected chi connectivity index (χ4v) is 3.87. The summed E-state index contributed by atoms with van der Waals surface area (Å²) < 4.78 is 25.1. The van der Waals surface area contributed by atoms with Crippen LogP contribution in [0.2, 0.25) is 5.02 Å². The minimum atomic E-state index is -0.560. The molecule has 0 N–H and O–H groups in total. The van der Waals surface area contributed by atoms with E-state index in [0.29, 0.717) is 18.1 Å². The molecule has 146 valence electrons. The second-order valence-electron chi connectivity index (χ2n) is 6.79. The summed E-state index contributed by atoms with van der Waals surface area (Å²) in [6.45, 7) is 4.18. The molecule has 1 fully saturated rings. The fourth-order valence-electron chi connectivity index (χ4n) is 3.62. The minimum Gasteiger partial charge on any atom is -0.360 e. The number of carbonyl (C=O) groups excluding carboxylic acids is 1. The Morgan fingerprint density at radius 2 is 2.18 bits per heavy atom. The molecule has 1 saturated heterocycles. The summed E-state index contributed by atoms with van der Waals surface area (Å²) in [7, 11) is 0. The lowest BCUT2D eigenvalue weighted by Crippen LogP contribution is -2.31. The van der Waals surface area contributed by atoms with E-state index in [1.54, 1.807) is 17.9 Å². The number of aromatic nitrogens is 2. The predicted molar refractivity (Wildman–Crippen MR) is 101 cm³/mol. The van der Waals surface area contributed by atoms with Gasteiger partial charge in [-0.2, -0.15) is 0 Å². The van der Waals surface area contributed by atoms with Crippen molar-refractivity contribution < 1.29 is 18.2 Å². The monoisotopic (exact) mass is 403 g/mol. The number of likely N-dealkylation sites (tertiary alicyclic amines) is 1. The first-order valence-corrected chi connectivity index (χ1v) is 9.56. The van der Waals surface area contributed by atoms with Gasteiger partial charge in [0.05, 0.1) is 22.3 Å². The van der Waals surface area contributed by atoms with E-state index in [2.05, 4.69) is 10.3 Å². The molecule has 1 amide bonds. The van der Waals surface area contributed by atoms with E-state index in [0.717, 1.165) is 25.0 Å². The number of aryl methyl sites for hydroxylation is 2. The normalized spacial score (nSPS) is 16.7. The molecule has 1 aromatic carbocycles. The molecule has 0 saturated carbocycles. The Kier molecular flexibility index (Phi) is 4.93. The van der Waals surface area contributed by atoms with Crippen LogP contribution in [-0.4, -0.2) is 27.7 Å². The van der Waals surface area contributed by atoms with Crippen LogP contribution in [0.1, 0.15) is 53.4 Å². The Balaban J connectivity index is 1.73. The molecule has 8 heteroatoms. The largest absolute Gasteiger partial charge is 0.360 e. The molecule has 4 rings (SSSR count). The Morgan fingerprint density at radius 1 is 1.36 bits per heavy atom. The lowest BCUT2D eigenvalue weighted by molar-refractivity contribution is 0.0713. The molecule has 1 aliphatic heterocycles. The molecule has 1 atom stereocenters. The second-order valence-corrected chi connectivity index (χ2v) is 7.20. The summed E-state index contributed by atoms with van der Waals surface area (Å²) >= 11 is 6.18. The maximum atomic E-state index is 14.4. The van der Waals surface area contributed by atoms with Crippen LogP contribution in [0.15, 0.2) is 33.3 Å². The zero-order valence-corrected chi connectivity index (χ0v) is 16.3. The maximum Gasteiger partial charge on any atom is 0.260 e. The van der Waals surface area contributed by atoms with E-state index in [1.807, 2.05) is 13.0 Å². The van der Waals surface area contributed by atoms with Crippen LogP contribution < -0.4 is 0 Å². The van der Waals surface area contributed by atoms with Crippen molar-refractivity contribution in [3.63, 3.8) is 0 Å². The van der Waals surface area contributed by atoms with Gasteiger partial charge in [0, 0.05) is 12.6 Å². The molecular formula is C20H19ClFN3O3. The summed E-state index contributed by atoms with van der Waals surface area (Å²) in [5, 5.41) is 8.13. The van der Waals surface area contributed by atoms with Crippen LogP contribution >= 0.6 is 11.6 Å². The molecule has 3 heterocycles. The molecule has 1 aliphatic rings. The molecule has 6 nitrogen and oxygen atoms in total. The van der Waals surface area contributed by atoms with Gasteiger partial charge in [0.15, 0.2) is 5.76 Å². The van der Waals surface area contributed by atoms with Crippen molar-refractivity contribution in [3.05, 3.63) is 57.9 Å². The Labute approximate surface area is 166 Å². The van der Waals surface area contributed by atoms with Crippen LogP contribution in [0.5, 0.6) is 0 Å². The zero-order chi connectivity index (χ0) is 19.8. The molecular weight excluding hydrogens is 385 g/mol. The highest BCUT2D eigenvalue weighted by molar-refractivity contribution is 6.33. The van der Waals surface area contributed by atoms with Gasteiger partial charge in [0.2, 0.25) is 0 Å². The lowest BCUT2D eigenvalue weighted by atomic mass is 10.0. The lowest BCUT2D eigenvalue weighted by Gasteiger charge is -2.22. The van der Waals surface area contributed by atoms with Crippen LogP contribution in [0.4, 0.5) is 4.39 Å². The number of amides is 1. The third kappa shape index (κ3) is 3.09. The number of hydrogen-bond donors (Lipinski definition) is 0. The number of nitrogens with zero attached hydrogens (tertiary/aromatic N) is 3. The van der Waals surface area contributed by atoms with Crippen molar-refractivity contribution in [1.29, 1.82) is 0 Å². The van der Waals surface area contributed by atoms with E-state index in [4.69, 9.17) is 20.6 Å². The first kappa shape index (κ1) is 18.7. The smallest absolute Gasteiger partial charge is 0.260 e. The average Bonchev–Trinajstić information content (AvgIpc) is 3.40. The molecule has 1 unspecified atom stereocenters. The van der Waals surface area contributed by atoms with Crippen molar-refractivity contribution in [2.45, 2.75) is 39.2 Å². The standard InChI is InChI=1S/C20H19ClFN3O3/c1-3-12-10-16(28-23-12)15-8-5-9-25(15)20(26)17-11(2)27-24-19(17)18-13(21)6-4-7-14(18)22/h4,6-7,10,15H,3,5,8-9H2,1-2H3. The number of hydrogen-bond acceptors (Lipinski definition) is 5. The third-order valence-electron chi connectivity index (χ3n) is 5.06. The van der Waals surface area contributed by atoms with Gasteiger partial charge in [0.25, 0.3) is 5.91 Å². The molecule has 2 aromatic heterocycles. The molecule has 0 bridgehead atoms. The van der Waals surface area contributed by atoms with Crippen molar-refractivity contribution in [1.82, 2.24) is 15.2 Å². The molecule has 0 aliphatic carbocycles. The van der Waals surface area contributed by atoms with Crippen LogP contribution in [0.25, 0.3) is 11.3 Å². The zero-order valence-electron chi connectivity index (χ0n) is 15.5. The Hall–Kier alpha value is -2.67. The third-order valence-corrected chi connectivity index (χ3v) is 5.37. The summed E-state index contributed by atoms with van der Waals surface area (Å²) in [6.07, 6.45) is 2.35. The number of halogens is 2. The quantitative estimate of drug-likeness (QED) is 0.615. The Bertz CT molecular complexity index is 1010. The number of carbonyl (C=O) groups is 1. The highest BCUT2D eigenvalue weighted by Crippen LogP contribution is 2.38. The van der Waals surface area contributed by atoms with Gasteiger partial charge < -0.3 is 13.9 Å². The number of benzene rings is 1. The van der Waals surface area contributed by atoms with Gasteiger partial charge in [0.1, 0.15) is 22.8 Å². The van der Waals surface area contributed by atoms with E-state index in [9.17, 15) is 9.18 Å². The highest BCUT2D eigenvalue weighted by atomic mass is 35.5. The molecule has 28 heavy (non-hydrogen) atoms. The summed E-state index contributed by atoms with van der Waals surface area (Å²) in [4.78, 5) is 15.1. The van der Waals surface area contributed by atoms with Crippen molar-refractivity contribution in [2.75, 3.05) is 6.54 Å². The number of rotatable bonds is 4. The summed E-state index contributed by atoms with van der Waals surface area (Å²) in [5.41, 5.74) is 1.24. The molecule has 0 radical (unpaired) electrons. The molecule has 0 spiro atoms. The van der Waals surface area contributed by atoms with E-state index in [1.165, 1.54) is 12.1 Å². The average molecular weight is 404 g/mol. The second kappa shape index (κ2) is 7.39. The van der Waals surface area contributed by atoms with E-state index in [-0.39, 0.29) is 33.8 Å². The predicted octanol–water partition coefficient (Wildman–Crippen LogP) is 4.97. The van der Waals surface area contributed by atoms with Crippen molar-refractivity contribution in [2.24, 2.45) is 0 Å². The van der Waals surface area contributed by atoms with Crippen LogP contribution in [0.3, 0.4) is 0 Å². The van der Waals surface area contributed by atoms with Crippen LogP contribution in [-0.2, 0) is 6.42 Å². The molecule has 3 aromatic rings. The first-order chi connectivity index (χ1) is 13.5. The maximum absolute atomic E-state index is 14.4. The van der Waals surface area contributed by atoms with Gasteiger partial charge in [-0.15, -0.1) is 0 Å². The van der Waals surface area contributed by atoms with Crippen molar-refractivity contribution in [3.8, 4) is 11.3 Å². The minimum absolute atomic E-state index is 0.0630.